The summed E-state index contributed by atoms with van der Waals surface area (Å²) in [6.07, 6.45) is 0. The maximum atomic E-state index is 11.9. The molecule has 0 radical (unpaired) electrons. The highest BCUT2D eigenvalue weighted by Crippen LogP contribution is 2.16. The maximum Gasteiger partial charge on any atom is 0.238 e. The molecule has 0 heterocycles. The Morgan fingerprint density at radius 3 is 2.38 bits per heavy atom. The van der Waals surface area contributed by atoms with E-state index in [1.165, 1.54) is 0 Å². The number of nitrogens with one attached hydrogen (secondary N) is 2. The maximum absolute atomic E-state index is 11.9. The zero-order valence-corrected chi connectivity index (χ0v) is 13.9. The highest BCUT2D eigenvalue weighted by molar-refractivity contribution is 9.10. The first kappa shape index (κ1) is 16.0. The van der Waals surface area contributed by atoms with Gasteiger partial charge in [0.15, 0.2) is 0 Å². The molecule has 2 N–H and O–H groups in total. The van der Waals surface area contributed by atoms with E-state index < -0.39 is 0 Å². The van der Waals surface area contributed by atoms with E-state index in [2.05, 4.69) is 26.6 Å². The molecule has 21 heavy (non-hydrogen) atoms. The summed E-state index contributed by atoms with van der Waals surface area (Å²) in [6, 6.07) is 15.2. The van der Waals surface area contributed by atoms with E-state index in [-0.39, 0.29) is 18.5 Å². The van der Waals surface area contributed by atoms with E-state index in [1.807, 2.05) is 55.5 Å². The van der Waals surface area contributed by atoms with Crippen LogP contribution in [0, 0.1) is 0 Å². The van der Waals surface area contributed by atoms with Gasteiger partial charge in [-0.1, -0.05) is 39.7 Å². The van der Waals surface area contributed by atoms with Crippen molar-refractivity contribution in [3.63, 3.8) is 0 Å². The molecule has 0 saturated heterocycles. The Morgan fingerprint density at radius 1 is 1.14 bits per heavy atom. The largest absolute Gasteiger partial charge is 0.325 e. The van der Waals surface area contributed by atoms with Crippen LogP contribution in [-0.2, 0) is 4.79 Å². The summed E-state index contributed by atoms with van der Waals surface area (Å²) in [5, 5.41) is 6.73. The zero-order valence-electron chi connectivity index (χ0n) is 11.6. The number of amides is 1. The number of benzene rings is 2. The second-order valence-corrected chi connectivity index (χ2v) is 6.06. The van der Waals surface area contributed by atoms with E-state index in [9.17, 15) is 4.79 Å². The molecule has 2 rings (SSSR count). The molecule has 0 unspecified atom stereocenters. The third-order valence-electron chi connectivity index (χ3n) is 3.07. The van der Waals surface area contributed by atoms with Crippen LogP contribution in [0.3, 0.4) is 0 Å². The lowest BCUT2D eigenvalue weighted by molar-refractivity contribution is -0.115. The standard InChI is InChI=1S/C16H16BrClN2O/c1-11(12-2-6-14(18)7-3-12)19-10-16(21)20-15-8-4-13(17)5-9-15/h2-9,11,19H,10H2,1H3,(H,20,21)/t11-/m0/s1. The third kappa shape index (κ3) is 5.16. The van der Waals surface area contributed by atoms with Crippen molar-refractivity contribution in [1.29, 1.82) is 0 Å². The van der Waals surface area contributed by atoms with Gasteiger partial charge in [-0.15, -0.1) is 0 Å². The first-order valence-corrected chi connectivity index (χ1v) is 7.76. The van der Waals surface area contributed by atoms with Crippen molar-refractivity contribution in [3.8, 4) is 0 Å². The quantitative estimate of drug-likeness (QED) is 0.823. The first-order valence-electron chi connectivity index (χ1n) is 6.59. The Balaban J connectivity index is 1.83. The van der Waals surface area contributed by atoms with Gasteiger partial charge in [-0.3, -0.25) is 4.79 Å². The zero-order chi connectivity index (χ0) is 15.2. The molecule has 0 aliphatic heterocycles. The highest BCUT2D eigenvalue weighted by atomic mass is 79.9. The molecule has 0 aliphatic rings. The van der Waals surface area contributed by atoms with Crippen molar-refractivity contribution in [2.24, 2.45) is 0 Å². The van der Waals surface area contributed by atoms with Crippen LogP contribution in [0.2, 0.25) is 5.02 Å². The predicted molar refractivity (Wildman–Crippen MR) is 90.6 cm³/mol. The van der Waals surface area contributed by atoms with Crippen LogP contribution in [0.4, 0.5) is 5.69 Å². The van der Waals surface area contributed by atoms with Crippen molar-refractivity contribution < 1.29 is 4.79 Å². The van der Waals surface area contributed by atoms with E-state index in [1.54, 1.807) is 0 Å². The summed E-state index contributed by atoms with van der Waals surface area (Å²) in [4.78, 5) is 11.9. The molecule has 0 aliphatic carbocycles. The lowest BCUT2D eigenvalue weighted by Gasteiger charge is -2.14. The van der Waals surface area contributed by atoms with Gasteiger partial charge in [0.1, 0.15) is 0 Å². The van der Waals surface area contributed by atoms with Gasteiger partial charge in [0.25, 0.3) is 0 Å². The van der Waals surface area contributed by atoms with Crippen molar-refractivity contribution >= 4 is 39.1 Å². The van der Waals surface area contributed by atoms with E-state index in [4.69, 9.17) is 11.6 Å². The Labute approximate surface area is 137 Å². The summed E-state index contributed by atoms with van der Waals surface area (Å²) in [5.74, 6) is -0.0712. The van der Waals surface area contributed by atoms with E-state index >= 15 is 0 Å². The van der Waals surface area contributed by atoms with E-state index in [0.717, 1.165) is 15.7 Å². The van der Waals surface area contributed by atoms with Crippen molar-refractivity contribution in [3.05, 3.63) is 63.6 Å². The van der Waals surface area contributed by atoms with Gasteiger partial charge in [-0.25, -0.2) is 0 Å². The summed E-state index contributed by atoms with van der Waals surface area (Å²) in [6.45, 7) is 2.26. The van der Waals surface area contributed by atoms with Crippen LogP contribution in [0.25, 0.3) is 0 Å². The van der Waals surface area contributed by atoms with Gasteiger partial charge in [-0.2, -0.15) is 0 Å². The minimum absolute atomic E-state index is 0.0712. The van der Waals surface area contributed by atoms with Gasteiger partial charge in [0.2, 0.25) is 5.91 Å². The van der Waals surface area contributed by atoms with Crippen LogP contribution >= 0.6 is 27.5 Å². The van der Waals surface area contributed by atoms with Crippen molar-refractivity contribution in [1.82, 2.24) is 5.32 Å². The molecule has 2 aromatic rings. The lowest BCUT2D eigenvalue weighted by Crippen LogP contribution is -2.30. The predicted octanol–water partition coefficient (Wildman–Crippen LogP) is 4.39. The number of hydrogen-bond acceptors (Lipinski definition) is 2. The minimum Gasteiger partial charge on any atom is -0.325 e. The molecule has 0 bridgehead atoms. The molecule has 0 spiro atoms. The SMILES string of the molecule is C[C@H](NCC(=O)Nc1ccc(Br)cc1)c1ccc(Cl)cc1. The summed E-state index contributed by atoms with van der Waals surface area (Å²) in [5.41, 5.74) is 1.87. The molecule has 110 valence electrons. The summed E-state index contributed by atoms with van der Waals surface area (Å²) in [7, 11) is 0. The number of carbonyl (C=O) groups excluding carboxylic acids is 1. The number of carbonyl (C=O) groups is 1. The van der Waals surface area contributed by atoms with Crippen LogP contribution in [0.1, 0.15) is 18.5 Å². The van der Waals surface area contributed by atoms with Gasteiger partial charge >= 0.3 is 0 Å². The molecule has 0 saturated carbocycles. The van der Waals surface area contributed by atoms with Crippen LogP contribution < -0.4 is 10.6 Å². The molecular formula is C16H16BrClN2O. The summed E-state index contributed by atoms with van der Waals surface area (Å²) >= 11 is 9.22. The fraction of sp³-hybridized carbons (Fsp3) is 0.188. The molecule has 1 amide bonds. The van der Waals surface area contributed by atoms with Crippen molar-refractivity contribution in [2.75, 3.05) is 11.9 Å². The molecule has 0 fully saturated rings. The van der Waals surface area contributed by atoms with Gasteiger partial charge in [0.05, 0.1) is 6.54 Å². The minimum atomic E-state index is -0.0712. The molecule has 2 aromatic carbocycles. The van der Waals surface area contributed by atoms with Crippen LogP contribution in [-0.4, -0.2) is 12.5 Å². The Morgan fingerprint density at radius 2 is 1.76 bits per heavy atom. The molecule has 0 aromatic heterocycles. The Bertz CT molecular complexity index is 599. The second-order valence-electron chi connectivity index (χ2n) is 4.71. The number of halogens is 2. The van der Waals surface area contributed by atoms with Gasteiger partial charge in [-0.05, 0) is 48.9 Å². The normalized spacial score (nSPS) is 12.0. The Hall–Kier alpha value is -1.36. The average Bonchev–Trinajstić information content (AvgIpc) is 2.48. The van der Waals surface area contributed by atoms with Gasteiger partial charge < -0.3 is 10.6 Å². The fourth-order valence-corrected chi connectivity index (χ4v) is 2.24. The second kappa shape index (κ2) is 7.59. The molecule has 3 nitrogen and oxygen atoms in total. The van der Waals surface area contributed by atoms with Gasteiger partial charge in [0, 0.05) is 21.2 Å². The molecule has 5 heteroatoms. The van der Waals surface area contributed by atoms with Crippen LogP contribution in [0.5, 0.6) is 0 Å². The average molecular weight is 368 g/mol. The topological polar surface area (TPSA) is 41.1 Å². The molecule has 1 atom stereocenters. The first-order chi connectivity index (χ1) is 10.0. The van der Waals surface area contributed by atoms with E-state index in [0.29, 0.717) is 5.02 Å². The van der Waals surface area contributed by atoms with Crippen molar-refractivity contribution in [2.45, 2.75) is 13.0 Å². The molecular weight excluding hydrogens is 352 g/mol. The van der Waals surface area contributed by atoms with Crippen LogP contribution in [0.15, 0.2) is 53.0 Å². The monoisotopic (exact) mass is 366 g/mol. The lowest BCUT2D eigenvalue weighted by atomic mass is 10.1. The number of rotatable bonds is 5. The highest BCUT2D eigenvalue weighted by Gasteiger charge is 2.08. The number of hydrogen-bond donors (Lipinski definition) is 2. The smallest absolute Gasteiger partial charge is 0.238 e. The number of anilines is 1. The third-order valence-corrected chi connectivity index (χ3v) is 3.85. The fourth-order valence-electron chi connectivity index (χ4n) is 1.85. The summed E-state index contributed by atoms with van der Waals surface area (Å²) < 4.78 is 0.981. The Kier molecular flexibility index (Phi) is 5.79.